The number of ether oxygens (including phenoxy) is 1. The molecule has 1 aromatic rings. The Morgan fingerprint density at radius 3 is 2.82 bits per heavy atom. The summed E-state index contributed by atoms with van der Waals surface area (Å²) in [5.41, 5.74) is 0.512. The van der Waals surface area contributed by atoms with Crippen molar-refractivity contribution in [1.82, 2.24) is 10.2 Å². The van der Waals surface area contributed by atoms with Crippen LogP contribution in [0.5, 0.6) is 0 Å². The van der Waals surface area contributed by atoms with Crippen LogP contribution in [-0.4, -0.2) is 42.1 Å². The Balaban J connectivity index is 1.90. The van der Waals surface area contributed by atoms with Gasteiger partial charge < -0.3 is 10.1 Å². The van der Waals surface area contributed by atoms with Crippen molar-refractivity contribution < 1.29 is 9.53 Å². The second kappa shape index (κ2) is 7.01. The summed E-state index contributed by atoms with van der Waals surface area (Å²) in [6, 6.07) is 7.66. The van der Waals surface area contributed by atoms with E-state index in [1.54, 1.807) is 4.90 Å². The number of nitrogens with one attached hydrogen (secondary N) is 1. The summed E-state index contributed by atoms with van der Waals surface area (Å²) in [7, 11) is 0. The highest BCUT2D eigenvalue weighted by molar-refractivity contribution is 6.31. The van der Waals surface area contributed by atoms with Crippen LogP contribution in [0.25, 0.3) is 0 Å². The first-order chi connectivity index (χ1) is 10.3. The first-order valence-corrected chi connectivity index (χ1v) is 7.71. The molecule has 0 radical (unpaired) electrons. The Morgan fingerprint density at radius 2 is 2.14 bits per heavy atom. The Labute approximate surface area is 136 Å². The topological polar surface area (TPSA) is 53.9 Å². The van der Waals surface area contributed by atoms with Crippen LogP contribution in [0, 0.1) is 0 Å². The van der Waals surface area contributed by atoms with Gasteiger partial charge >= 0.3 is 6.09 Å². The number of nitrogens with zero attached hydrogens (tertiary/aromatic N) is 2. The quantitative estimate of drug-likeness (QED) is 0.910. The largest absolute Gasteiger partial charge is 0.444 e. The lowest BCUT2D eigenvalue weighted by atomic mass is 10.2. The molecule has 1 N–H and O–H groups in total. The van der Waals surface area contributed by atoms with E-state index in [1.165, 1.54) is 0 Å². The highest BCUT2D eigenvalue weighted by Gasteiger charge is 2.24. The predicted molar refractivity (Wildman–Crippen MR) is 88.4 cm³/mol. The van der Waals surface area contributed by atoms with Gasteiger partial charge in [0, 0.05) is 18.1 Å². The van der Waals surface area contributed by atoms with E-state index in [0.29, 0.717) is 26.2 Å². The molecule has 1 amide bonds. The maximum absolute atomic E-state index is 12.1. The minimum absolute atomic E-state index is 0.306. The second-order valence-electron chi connectivity index (χ2n) is 6.18. The molecule has 120 valence electrons. The van der Waals surface area contributed by atoms with Gasteiger partial charge in [0.25, 0.3) is 0 Å². The fraction of sp³-hybridized carbons (Fsp3) is 0.500. The van der Waals surface area contributed by atoms with E-state index in [-0.39, 0.29) is 6.09 Å². The average molecular weight is 324 g/mol. The number of rotatable bonds is 2. The Bertz CT molecular complexity index is 567. The molecule has 1 aliphatic heterocycles. The molecule has 0 atom stereocenters. The van der Waals surface area contributed by atoms with E-state index in [4.69, 9.17) is 16.3 Å². The van der Waals surface area contributed by atoms with Crippen molar-refractivity contribution in [1.29, 1.82) is 0 Å². The van der Waals surface area contributed by atoms with Gasteiger partial charge in [0.2, 0.25) is 0 Å². The molecule has 0 bridgehead atoms. The number of carbonyl (C=O) groups is 1. The minimum atomic E-state index is -0.489. The van der Waals surface area contributed by atoms with Crippen molar-refractivity contribution in [3.8, 4) is 0 Å². The van der Waals surface area contributed by atoms with E-state index in [9.17, 15) is 4.79 Å². The molecule has 0 unspecified atom stereocenters. The van der Waals surface area contributed by atoms with Crippen LogP contribution in [0.15, 0.2) is 29.3 Å². The summed E-state index contributed by atoms with van der Waals surface area (Å²) in [6.45, 7) is 7.74. The summed E-state index contributed by atoms with van der Waals surface area (Å²) >= 11 is 6.13. The maximum atomic E-state index is 12.1. The molecule has 22 heavy (non-hydrogen) atoms. The van der Waals surface area contributed by atoms with Crippen molar-refractivity contribution in [2.24, 2.45) is 4.99 Å². The highest BCUT2D eigenvalue weighted by Crippen LogP contribution is 2.15. The lowest BCUT2D eigenvalue weighted by Crippen LogP contribution is -2.47. The van der Waals surface area contributed by atoms with E-state index < -0.39 is 5.60 Å². The molecule has 0 fully saturated rings. The lowest BCUT2D eigenvalue weighted by Gasteiger charge is -2.30. The van der Waals surface area contributed by atoms with Crippen LogP contribution in [0.3, 0.4) is 0 Å². The van der Waals surface area contributed by atoms with Crippen LogP contribution in [-0.2, 0) is 11.3 Å². The predicted octanol–water partition coefficient (Wildman–Crippen LogP) is 3.08. The molecule has 0 saturated carbocycles. The zero-order valence-electron chi connectivity index (χ0n) is 13.2. The molecule has 1 aliphatic rings. The minimum Gasteiger partial charge on any atom is -0.444 e. The Morgan fingerprint density at radius 1 is 1.41 bits per heavy atom. The first kappa shape index (κ1) is 16.6. The van der Waals surface area contributed by atoms with Gasteiger partial charge in [-0.3, -0.25) is 9.89 Å². The lowest BCUT2D eigenvalue weighted by molar-refractivity contribution is 0.0276. The van der Waals surface area contributed by atoms with Crippen LogP contribution in [0.2, 0.25) is 5.02 Å². The van der Waals surface area contributed by atoms with Crippen molar-refractivity contribution in [3.05, 3.63) is 34.9 Å². The monoisotopic (exact) mass is 323 g/mol. The maximum Gasteiger partial charge on any atom is 0.410 e. The average Bonchev–Trinajstić information content (AvgIpc) is 2.45. The molecule has 6 heteroatoms. The second-order valence-corrected chi connectivity index (χ2v) is 6.58. The van der Waals surface area contributed by atoms with E-state index in [2.05, 4.69) is 10.3 Å². The fourth-order valence-corrected chi connectivity index (χ4v) is 2.25. The zero-order valence-corrected chi connectivity index (χ0v) is 14.0. The summed E-state index contributed by atoms with van der Waals surface area (Å²) in [6.07, 6.45) is -0.306. The summed E-state index contributed by atoms with van der Waals surface area (Å²) < 4.78 is 5.39. The third-order valence-electron chi connectivity index (χ3n) is 3.11. The van der Waals surface area contributed by atoms with Crippen LogP contribution < -0.4 is 5.32 Å². The molecule has 0 spiro atoms. The number of benzene rings is 1. The summed E-state index contributed by atoms with van der Waals surface area (Å²) in [5.74, 6) is 0.775. The number of amides is 1. The van der Waals surface area contributed by atoms with Crippen LogP contribution in [0.4, 0.5) is 4.79 Å². The fourth-order valence-electron chi connectivity index (χ4n) is 2.05. The number of hydrogen-bond acceptors (Lipinski definition) is 4. The Hall–Kier alpha value is -1.75. The van der Waals surface area contributed by atoms with Gasteiger partial charge in [-0.2, -0.15) is 0 Å². The number of halogens is 1. The number of carbonyl (C=O) groups excluding carboxylic acids is 1. The van der Waals surface area contributed by atoms with Gasteiger partial charge in [0.05, 0.1) is 13.1 Å². The third-order valence-corrected chi connectivity index (χ3v) is 3.47. The van der Waals surface area contributed by atoms with Gasteiger partial charge in [0.1, 0.15) is 11.4 Å². The van der Waals surface area contributed by atoms with Crippen molar-refractivity contribution in [2.45, 2.75) is 32.9 Å². The normalized spacial score (nSPS) is 15.3. The van der Waals surface area contributed by atoms with Crippen molar-refractivity contribution in [2.75, 3.05) is 19.6 Å². The number of amidine groups is 1. The van der Waals surface area contributed by atoms with Crippen LogP contribution in [0.1, 0.15) is 26.3 Å². The van der Waals surface area contributed by atoms with E-state index in [1.807, 2.05) is 45.0 Å². The summed E-state index contributed by atoms with van der Waals surface area (Å²) in [5, 5.41) is 3.96. The molecule has 0 saturated heterocycles. The molecular formula is C16H22ClN3O2. The van der Waals surface area contributed by atoms with Gasteiger partial charge in [-0.15, -0.1) is 0 Å². The summed E-state index contributed by atoms with van der Waals surface area (Å²) in [4.78, 5) is 18.2. The number of aliphatic imine (C=N–C) groups is 1. The molecule has 1 heterocycles. The van der Waals surface area contributed by atoms with Crippen LogP contribution >= 0.6 is 11.6 Å². The molecule has 2 rings (SSSR count). The van der Waals surface area contributed by atoms with E-state index >= 15 is 0 Å². The molecule has 0 aromatic heterocycles. The molecule has 0 aliphatic carbocycles. The van der Waals surface area contributed by atoms with Gasteiger partial charge in [-0.05, 0) is 32.4 Å². The SMILES string of the molecule is CC(C)(C)OC(=O)N1CCN=C(NCc2ccccc2Cl)C1. The van der Waals surface area contributed by atoms with Gasteiger partial charge in [0.15, 0.2) is 0 Å². The standard InChI is InChI=1S/C16H22ClN3O2/c1-16(2,3)22-15(21)20-9-8-18-14(11-20)19-10-12-6-4-5-7-13(12)17/h4-7H,8-11H2,1-3H3,(H,18,19). The molecule has 1 aromatic carbocycles. The zero-order chi connectivity index (χ0) is 16.2. The first-order valence-electron chi connectivity index (χ1n) is 7.34. The van der Waals surface area contributed by atoms with Gasteiger partial charge in [-0.25, -0.2) is 4.79 Å². The number of hydrogen-bond donors (Lipinski definition) is 1. The van der Waals surface area contributed by atoms with Crippen molar-refractivity contribution >= 4 is 23.5 Å². The van der Waals surface area contributed by atoms with E-state index in [0.717, 1.165) is 16.4 Å². The van der Waals surface area contributed by atoms with Gasteiger partial charge in [-0.1, -0.05) is 29.8 Å². The molecule has 5 nitrogen and oxygen atoms in total. The highest BCUT2D eigenvalue weighted by atomic mass is 35.5. The molecular weight excluding hydrogens is 302 g/mol. The smallest absolute Gasteiger partial charge is 0.410 e. The van der Waals surface area contributed by atoms with Crippen molar-refractivity contribution in [3.63, 3.8) is 0 Å². The third kappa shape index (κ3) is 4.91. The Kier molecular flexibility index (Phi) is 5.29.